The summed E-state index contributed by atoms with van der Waals surface area (Å²) in [7, 11) is 0.382. The minimum atomic E-state index is -3.43. The minimum Gasteiger partial charge on any atom is -0.304 e. The van der Waals surface area contributed by atoms with Crippen LogP contribution >= 0.6 is 11.8 Å². The molecule has 0 aliphatic carbocycles. The van der Waals surface area contributed by atoms with Crippen molar-refractivity contribution < 1.29 is 8.42 Å². The summed E-state index contributed by atoms with van der Waals surface area (Å²) in [5.74, 6) is 1.57. The van der Waals surface area contributed by atoms with E-state index in [-0.39, 0.29) is 5.75 Å². The summed E-state index contributed by atoms with van der Waals surface area (Å²) in [6.45, 7) is 2.82. The number of benzene rings is 1. The van der Waals surface area contributed by atoms with Crippen molar-refractivity contribution >= 4 is 21.8 Å². The Morgan fingerprint density at radius 2 is 1.90 bits per heavy atom. The smallest absolute Gasteiger partial charge is 0.218 e. The molecule has 0 spiro atoms. The Bertz CT molecular complexity index is 1120. The zero-order chi connectivity index (χ0) is 20.6. The molecule has 1 aliphatic heterocycles. The van der Waals surface area contributed by atoms with Crippen molar-refractivity contribution in [2.75, 3.05) is 12.3 Å². The highest BCUT2D eigenvalue weighted by atomic mass is 32.2. The van der Waals surface area contributed by atoms with Crippen LogP contribution in [0.3, 0.4) is 0 Å². The van der Waals surface area contributed by atoms with E-state index in [0.717, 1.165) is 27.7 Å². The summed E-state index contributed by atoms with van der Waals surface area (Å²) in [6.07, 6.45) is 0.626. The fourth-order valence-corrected chi connectivity index (χ4v) is 5.77. The molecule has 154 valence electrons. The molecule has 10 heteroatoms. The Morgan fingerprint density at radius 3 is 2.62 bits per heavy atom. The minimum absolute atomic E-state index is 0.0000171. The van der Waals surface area contributed by atoms with Gasteiger partial charge in [0.25, 0.3) is 0 Å². The van der Waals surface area contributed by atoms with Crippen molar-refractivity contribution in [1.82, 2.24) is 28.9 Å². The molecule has 3 heterocycles. The number of aryl methyl sites for hydroxylation is 1. The highest BCUT2D eigenvalue weighted by Crippen LogP contribution is 2.31. The second kappa shape index (κ2) is 7.92. The Hall–Kier alpha value is -2.17. The van der Waals surface area contributed by atoms with E-state index < -0.39 is 10.0 Å². The zero-order valence-electron chi connectivity index (χ0n) is 16.7. The van der Waals surface area contributed by atoms with Crippen LogP contribution in [0.15, 0.2) is 35.5 Å². The fourth-order valence-electron chi connectivity index (χ4n) is 3.64. The quantitative estimate of drug-likeness (QED) is 0.555. The van der Waals surface area contributed by atoms with Gasteiger partial charge in [0.15, 0.2) is 11.0 Å². The zero-order valence-corrected chi connectivity index (χ0v) is 18.4. The van der Waals surface area contributed by atoms with Gasteiger partial charge in [0.2, 0.25) is 10.0 Å². The molecular formula is C19H24N6O2S2. The van der Waals surface area contributed by atoms with Crippen LogP contribution in [0.1, 0.15) is 23.7 Å². The van der Waals surface area contributed by atoms with Crippen molar-refractivity contribution in [2.24, 2.45) is 14.1 Å². The van der Waals surface area contributed by atoms with Crippen molar-refractivity contribution in [3.05, 3.63) is 47.2 Å². The lowest BCUT2D eigenvalue weighted by atomic mass is 10.1. The summed E-state index contributed by atoms with van der Waals surface area (Å²) in [5, 5.41) is 14.1. The number of fused-ring (bicyclic) bond motifs is 1. The molecule has 0 radical (unpaired) electrons. The predicted octanol–water partition coefficient (Wildman–Crippen LogP) is 2.22. The molecule has 0 fully saturated rings. The predicted molar refractivity (Wildman–Crippen MR) is 113 cm³/mol. The molecule has 8 nitrogen and oxygen atoms in total. The molecule has 0 saturated heterocycles. The van der Waals surface area contributed by atoms with Gasteiger partial charge >= 0.3 is 0 Å². The SMILES string of the molecule is CCSc1nnc(-c2nn(C)c3c2CN(S(=O)(=O)Cc2ccccc2)CC3)n1C. The van der Waals surface area contributed by atoms with Crippen molar-refractivity contribution in [1.29, 1.82) is 0 Å². The van der Waals surface area contributed by atoms with Crippen molar-refractivity contribution in [3.8, 4) is 11.5 Å². The van der Waals surface area contributed by atoms with Gasteiger partial charge < -0.3 is 4.57 Å². The number of nitrogens with zero attached hydrogens (tertiary/aromatic N) is 6. The molecular weight excluding hydrogens is 408 g/mol. The third-order valence-electron chi connectivity index (χ3n) is 5.11. The average Bonchev–Trinajstić information content (AvgIpc) is 3.22. The molecule has 4 rings (SSSR count). The molecule has 0 amide bonds. The largest absolute Gasteiger partial charge is 0.304 e. The van der Waals surface area contributed by atoms with E-state index in [1.807, 2.05) is 53.7 Å². The topological polar surface area (TPSA) is 85.9 Å². The summed E-state index contributed by atoms with van der Waals surface area (Å²) < 4.78 is 31.4. The highest BCUT2D eigenvalue weighted by molar-refractivity contribution is 7.99. The van der Waals surface area contributed by atoms with Gasteiger partial charge in [0.05, 0.1) is 5.75 Å². The monoisotopic (exact) mass is 432 g/mol. The van der Waals surface area contributed by atoms with Gasteiger partial charge in [-0.25, -0.2) is 8.42 Å². The summed E-state index contributed by atoms with van der Waals surface area (Å²) in [6, 6.07) is 9.29. The van der Waals surface area contributed by atoms with E-state index in [1.165, 1.54) is 0 Å². The van der Waals surface area contributed by atoms with E-state index in [9.17, 15) is 8.42 Å². The van der Waals surface area contributed by atoms with Crippen LogP contribution in [0, 0.1) is 0 Å². The van der Waals surface area contributed by atoms with Crippen molar-refractivity contribution in [2.45, 2.75) is 30.8 Å². The highest BCUT2D eigenvalue weighted by Gasteiger charge is 2.32. The maximum Gasteiger partial charge on any atom is 0.218 e. The Kier molecular flexibility index (Phi) is 5.50. The Balaban J connectivity index is 1.66. The van der Waals surface area contributed by atoms with E-state index >= 15 is 0 Å². The first kappa shape index (κ1) is 20.1. The van der Waals surface area contributed by atoms with Gasteiger partial charge in [0, 0.05) is 44.9 Å². The van der Waals surface area contributed by atoms with E-state index in [1.54, 1.807) is 16.1 Å². The normalized spacial score (nSPS) is 14.9. The van der Waals surface area contributed by atoms with Gasteiger partial charge in [-0.15, -0.1) is 10.2 Å². The number of rotatable bonds is 6. The van der Waals surface area contributed by atoms with E-state index in [0.29, 0.717) is 31.0 Å². The first-order valence-electron chi connectivity index (χ1n) is 9.49. The van der Waals surface area contributed by atoms with Crippen LogP contribution < -0.4 is 0 Å². The van der Waals surface area contributed by atoms with Gasteiger partial charge in [-0.1, -0.05) is 49.0 Å². The molecule has 1 aromatic carbocycles. The van der Waals surface area contributed by atoms with Crippen LogP contribution in [-0.4, -0.2) is 49.6 Å². The summed E-state index contributed by atoms with van der Waals surface area (Å²) >= 11 is 1.62. The standard InChI is InChI=1S/C19H24N6O2S2/c1-4-28-19-21-20-18(23(19)2)17-15-12-25(11-10-16(15)24(3)22-17)29(26,27)13-14-8-6-5-7-9-14/h5-9H,4,10-13H2,1-3H3. The third kappa shape index (κ3) is 3.84. The number of hydrogen-bond donors (Lipinski definition) is 0. The van der Waals surface area contributed by atoms with Gasteiger partial charge in [-0.2, -0.15) is 9.40 Å². The average molecular weight is 433 g/mol. The van der Waals surface area contributed by atoms with Gasteiger partial charge in [-0.3, -0.25) is 4.68 Å². The fraction of sp³-hybridized carbons (Fsp3) is 0.421. The number of aromatic nitrogens is 5. The van der Waals surface area contributed by atoms with Crippen molar-refractivity contribution in [3.63, 3.8) is 0 Å². The van der Waals surface area contributed by atoms with Crippen LogP contribution in [0.2, 0.25) is 0 Å². The van der Waals surface area contributed by atoms with Gasteiger partial charge in [-0.05, 0) is 11.3 Å². The summed E-state index contributed by atoms with van der Waals surface area (Å²) in [4.78, 5) is 0. The molecule has 1 aliphatic rings. The Morgan fingerprint density at radius 1 is 1.14 bits per heavy atom. The number of hydrogen-bond acceptors (Lipinski definition) is 6. The lowest BCUT2D eigenvalue weighted by Crippen LogP contribution is -2.37. The Labute approximate surface area is 175 Å². The van der Waals surface area contributed by atoms with Crippen LogP contribution in [0.5, 0.6) is 0 Å². The van der Waals surface area contributed by atoms with Crippen LogP contribution in [0.25, 0.3) is 11.5 Å². The summed E-state index contributed by atoms with van der Waals surface area (Å²) in [5.41, 5.74) is 3.47. The second-order valence-corrected chi connectivity index (χ2v) is 10.2. The lowest BCUT2D eigenvalue weighted by molar-refractivity contribution is 0.385. The maximum absolute atomic E-state index is 13.0. The first-order chi connectivity index (χ1) is 13.9. The lowest BCUT2D eigenvalue weighted by Gasteiger charge is -2.27. The number of sulfonamides is 1. The molecule has 29 heavy (non-hydrogen) atoms. The molecule has 2 aromatic heterocycles. The first-order valence-corrected chi connectivity index (χ1v) is 12.1. The molecule has 3 aromatic rings. The molecule has 0 bridgehead atoms. The number of thioether (sulfide) groups is 1. The van der Waals surface area contributed by atoms with Crippen LogP contribution in [-0.2, 0) is 42.8 Å². The molecule has 0 saturated carbocycles. The molecule has 0 unspecified atom stereocenters. The van der Waals surface area contributed by atoms with Gasteiger partial charge in [0.1, 0.15) is 5.69 Å². The van der Waals surface area contributed by atoms with E-state index in [2.05, 4.69) is 22.2 Å². The maximum atomic E-state index is 13.0. The van der Waals surface area contributed by atoms with Crippen LogP contribution in [0.4, 0.5) is 0 Å². The second-order valence-electron chi connectivity index (χ2n) is 7.02. The molecule has 0 N–H and O–H groups in total. The molecule has 0 atom stereocenters. The third-order valence-corrected chi connectivity index (χ3v) is 7.81. The van der Waals surface area contributed by atoms with E-state index in [4.69, 9.17) is 0 Å².